The molecule has 1 atom stereocenters. The summed E-state index contributed by atoms with van der Waals surface area (Å²) in [5.41, 5.74) is 0.339. The van der Waals surface area contributed by atoms with Crippen LogP contribution in [-0.4, -0.2) is 52.6 Å². The van der Waals surface area contributed by atoms with Gasteiger partial charge in [-0.25, -0.2) is 5.10 Å². The molecule has 0 bridgehead atoms. The maximum atomic E-state index is 11.7. The molecule has 1 aliphatic rings. The third kappa shape index (κ3) is 4.86. The van der Waals surface area contributed by atoms with E-state index < -0.39 is 0 Å². The van der Waals surface area contributed by atoms with Crippen molar-refractivity contribution in [3.05, 3.63) is 28.7 Å². The number of fused-ring (bicyclic) bond motifs is 1. The third-order valence-corrected chi connectivity index (χ3v) is 4.28. The quantitative estimate of drug-likeness (QED) is 0.423. The van der Waals surface area contributed by atoms with E-state index in [0.29, 0.717) is 28.4 Å². The lowest BCUT2D eigenvalue weighted by molar-refractivity contribution is 0.114. The monoisotopic (exact) mass is 362 g/mol. The van der Waals surface area contributed by atoms with Crippen LogP contribution >= 0.6 is 12.2 Å². The van der Waals surface area contributed by atoms with Gasteiger partial charge in [-0.2, -0.15) is 5.10 Å². The molecule has 134 valence electrons. The third-order valence-electron chi connectivity index (χ3n) is 3.99. The van der Waals surface area contributed by atoms with Crippen LogP contribution < -0.4 is 21.5 Å². The average Bonchev–Trinajstić information content (AvgIpc) is 3.15. The van der Waals surface area contributed by atoms with Crippen LogP contribution in [0.3, 0.4) is 0 Å². The zero-order valence-corrected chi connectivity index (χ0v) is 14.7. The zero-order valence-electron chi connectivity index (χ0n) is 13.9. The predicted molar refractivity (Wildman–Crippen MR) is 101 cm³/mol. The Kier molecular flexibility index (Phi) is 6.13. The highest BCUT2D eigenvalue weighted by Gasteiger charge is 2.15. The first-order valence-corrected chi connectivity index (χ1v) is 8.85. The lowest BCUT2D eigenvalue weighted by Crippen LogP contribution is -2.40. The van der Waals surface area contributed by atoms with Crippen molar-refractivity contribution in [2.45, 2.75) is 25.4 Å². The Labute approximate surface area is 150 Å². The molecule has 0 amide bonds. The molecule has 25 heavy (non-hydrogen) atoms. The molecule has 4 N–H and O–H groups in total. The molecule has 1 aliphatic heterocycles. The fourth-order valence-corrected chi connectivity index (χ4v) is 2.88. The Morgan fingerprint density at radius 3 is 3.16 bits per heavy atom. The highest BCUT2D eigenvalue weighted by molar-refractivity contribution is 7.80. The van der Waals surface area contributed by atoms with Crippen molar-refractivity contribution < 1.29 is 4.74 Å². The minimum atomic E-state index is -0.238. The fourth-order valence-electron chi connectivity index (χ4n) is 2.69. The number of anilines is 1. The molecule has 9 heteroatoms. The molecule has 0 radical (unpaired) electrons. The highest BCUT2D eigenvalue weighted by atomic mass is 32.1. The van der Waals surface area contributed by atoms with Crippen LogP contribution in [0.4, 0.5) is 5.82 Å². The molecular weight excluding hydrogens is 340 g/mol. The van der Waals surface area contributed by atoms with E-state index in [2.05, 4.69) is 31.1 Å². The van der Waals surface area contributed by atoms with Gasteiger partial charge < -0.3 is 20.7 Å². The molecule has 2 aromatic heterocycles. The summed E-state index contributed by atoms with van der Waals surface area (Å²) in [6.45, 7) is 3.02. The molecular formula is C16H22N6O2S. The molecule has 3 rings (SSSR count). The number of hydrogen-bond donors (Lipinski definition) is 4. The minimum absolute atomic E-state index is 0.238. The van der Waals surface area contributed by atoms with Crippen molar-refractivity contribution in [3.8, 4) is 0 Å². The maximum Gasteiger partial charge on any atom is 0.273 e. The van der Waals surface area contributed by atoms with Crippen molar-refractivity contribution in [3.63, 3.8) is 0 Å². The van der Waals surface area contributed by atoms with Crippen LogP contribution in [0.5, 0.6) is 0 Å². The Morgan fingerprint density at radius 1 is 1.40 bits per heavy atom. The summed E-state index contributed by atoms with van der Waals surface area (Å²) in [6.07, 6.45) is 4.98. The first kappa shape index (κ1) is 17.6. The van der Waals surface area contributed by atoms with E-state index in [1.54, 1.807) is 18.3 Å². The molecule has 0 spiro atoms. The smallest absolute Gasteiger partial charge is 0.273 e. The Balaban J connectivity index is 1.38. The molecule has 0 aliphatic carbocycles. The minimum Gasteiger partial charge on any atom is -0.376 e. The molecule has 1 unspecified atom stereocenters. The average molecular weight is 362 g/mol. The lowest BCUT2D eigenvalue weighted by Gasteiger charge is -2.14. The first-order chi connectivity index (χ1) is 12.2. The van der Waals surface area contributed by atoms with E-state index in [9.17, 15) is 4.79 Å². The summed E-state index contributed by atoms with van der Waals surface area (Å²) in [5.74, 6) is 0.578. The number of pyridine rings is 1. The van der Waals surface area contributed by atoms with E-state index in [-0.39, 0.29) is 11.7 Å². The van der Waals surface area contributed by atoms with Crippen molar-refractivity contribution in [1.29, 1.82) is 0 Å². The standard InChI is InChI=1S/C16H22N6O2S/c23-15-12-5-1-6-17-13(12)14(21-22-15)18-7-3-8-19-16(25)20-10-11-4-2-9-24-11/h1,5-6,11H,2-4,7-10H2,(H,18,21)(H,22,23)(H2,19,20,25). The SMILES string of the molecule is O=c1[nH]nc(NCCCNC(=S)NCC2CCCO2)c2ncccc12. The van der Waals surface area contributed by atoms with E-state index in [0.717, 1.165) is 39.0 Å². The van der Waals surface area contributed by atoms with E-state index >= 15 is 0 Å². The van der Waals surface area contributed by atoms with Crippen LogP contribution in [-0.2, 0) is 4.74 Å². The van der Waals surface area contributed by atoms with E-state index in [1.165, 1.54) is 0 Å². The number of aromatic nitrogens is 3. The number of rotatable bonds is 7. The van der Waals surface area contributed by atoms with Crippen molar-refractivity contribution in [2.75, 3.05) is 31.6 Å². The van der Waals surface area contributed by atoms with Gasteiger partial charge in [-0.05, 0) is 43.6 Å². The largest absolute Gasteiger partial charge is 0.376 e. The molecule has 1 fully saturated rings. The van der Waals surface area contributed by atoms with Crippen LogP contribution in [0, 0.1) is 0 Å². The Bertz CT molecular complexity index is 775. The number of nitrogens with one attached hydrogen (secondary N) is 4. The molecule has 0 saturated carbocycles. The first-order valence-electron chi connectivity index (χ1n) is 8.44. The van der Waals surface area contributed by atoms with Crippen molar-refractivity contribution in [2.24, 2.45) is 0 Å². The number of hydrogen-bond acceptors (Lipinski definition) is 6. The number of aromatic amines is 1. The van der Waals surface area contributed by atoms with Gasteiger partial charge in [0.2, 0.25) is 0 Å². The summed E-state index contributed by atoms with van der Waals surface area (Å²) in [7, 11) is 0. The summed E-state index contributed by atoms with van der Waals surface area (Å²) in [5, 5.41) is 17.2. The molecule has 1 saturated heterocycles. The van der Waals surface area contributed by atoms with Gasteiger partial charge in [0.25, 0.3) is 5.56 Å². The summed E-state index contributed by atoms with van der Waals surface area (Å²) in [4.78, 5) is 15.9. The second-order valence-electron chi connectivity index (χ2n) is 5.85. The predicted octanol–water partition coefficient (Wildman–Crippen LogP) is 0.763. The molecule has 8 nitrogen and oxygen atoms in total. The number of thiocarbonyl (C=S) groups is 1. The van der Waals surface area contributed by atoms with Crippen LogP contribution in [0.2, 0.25) is 0 Å². The van der Waals surface area contributed by atoms with Gasteiger partial charge in [-0.1, -0.05) is 0 Å². The lowest BCUT2D eigenvalue weighted by atomic mass is 10.2. The van der Waals surface area contributed by atoms with Gasteiger partial charge in [-0.3, -0.25) is 9.78 Å². The number of ether oxygens (including phenoxy) is 1. The second-order valence-corrected chi connectivity index (χ2v) is 6.26. The van der Waals surface area contributed by atoms with Crippen molar-refractivity contribution >= 4 is 34.1 Å². The van der Waals surface area contributed by atoms with E-state index in [4.69, 9.17) is 17.0 Å². The molecule has 0 aromatic carbocycles. The van der Waals surface area contributed by atoms with Crippen LogP contribution in [0.1, 0.15) is 19.3 Å². The van der Waals surface area contributed by atoms with Gasteiger partial charge >= 0.3 is 0 Å². The number of H-pyrrole nitrogens is 1. The number of nitrogens with zero attached hydrogens (tertiary/aromatic N) is 2. The second kappa shape index (κ2) is 8.72. The molecule has 3 heterocycles. The Hall–Kier alpha value is -2.26. The van der Waals surface area contributed by atoms with Crippen LogP contribution in [0.25, 0.3) is 10.9 Å². The van der Waals surface area contributed by atoms with Crippen LogP contribution in [0.15, 0.2) is 23.1 Å². The normalized spacial score (nSPS) is 16.7. The Morgan fingerprint density at radius 2 is 2.32 bits per heavy atom. The van der Waals surface area contributed by atoms with Gasteiger partial charge in [0.1, 0.15) is 5.52 Å². The maximum absolute atomic E-state index is 11.7. The van der Waals surface area contributed by atoms with Gasteiger partial charge in [0.05, 0.1) is 11.5 Å². The highest BCUT2D eigenvalue weighted by Crippen LogP contribution is 2.13. The van der Waals surface area contributed by atoms with Gasteiger partial charge in [0.15, 0.2) is 10.9 Å². The summed E-state index contributed by atoms with van der Waals surface area (Å²) < 4.78 is 5.54. The van der Waals surface area contributed by atoms with Crippen molar-refractivity contribution in [1.82, 2.24) is 25.8 Å². The van der Waals surface area contributed by atoms with E-state index in [1.807, 2.05) is 0 Å². The summed E-state index contributed by atoms with van der Waals surface area (Å²) in [6, 6.07) is 3.46. The summed E-state index contributed by atoms with van der Waals surface area (Å²) >= 11 is 5.25. The zero-order chi connectivity index (χ0) is 17.5. The van der Waals surface area contributed by atoms with Gasteiger partial charge in [-0.15, -0.1) is 0 Å². The fraction of sp³-hybridized carbons (Fsp3) is 0.500. The molecule has 2 aromatic rings. The topological polar surface area (TPSA) is 104 Å². The van der Waals surface area contributed by atoms with Gasteiger partial charge in [0, 0.05) is 32.4 Å².